The monoisotopic (exact) mass is 273 g/mol. The van der Waals surface area contributed by atoms with E-state index in [1.807, 2.05) is 6.92 Å². The van der Waals surface area contributed by atoms with Gasteiger partial charge in [0.25, 0.3) is 0 Å². The summed E-state index contributed by atoms with van der Waals surface area (Å²) in [6, 6.07) is -0.755. The van der Waals surface area contributed by atoms with Crippen molar-refractivity contribution < 1.29 is 24.2 Å². The normalized spacial score (nSPS) is 11.9. The van der Waals surface area contributed by atoms with Crippen molar-refractivity contribution in [2.75, 3.05) is 0 Å². The second-order valence-electron chi connectivity index (χ2n) is 4.50. The number of rotatable bonds is 10. The Morgan fingerprint density at radius 3 is 2.32 bits per heavy atom. The predicted molar refractivity (Wildman–Crippen MR) is 69.3 cm³/mol. The molecule has 0 aromatic rings. The molecule has 1 atom stereocenters. The van der Waals surface area contributed by atoms with E-state index in [4.69, 9.17) is 10.8 Å². The lowest BCUT2D eigenvalue weighted by atomic mass is 10.1. The Morgan fingerprint density at radius 2 is 1.74 bits per heavy atom. The van der Waals surface area contributed by atoms with Crippen molar-refractivity contribution in [2.24, 2.45) is 5.73 Å². The van der Waals surface area contributed by atoms with Crippen LogP contribution in [0.3, 0.4) is 0 Å². The fourth-order valence-corrected chi connectivity index (χ4v) is 1.52. The number of carboxylic acid groups (broad SMARTS) is 1. The van der Waals surface area contributed by atoms with E-state index in [1.54, 1.807) is 0 Å². The van der Waals surface area contributed by atoms with Gasteiger partial charge in [-0.1, -0.05) is 26.2 Å². The number of carboxylic acids is 1. The largest absolute Gasteiger partial charge is 0.481 e. The van der Waals surface area contributed by atoms with Crippen LogP contribution >= 0.6 is 0 Å². The molecule has 0 aromatic heterocycles. The van der Waals surface area contributed by atoms with Crippen LogP contribution in [0, 0.1) is 0 Å². The molecular formula is C13H23NO5. The molecule has 0 heterocycles. The number of esters is 2. The highest BCUT2D eigenvalue weighted by atomic mass is 16.6. The van der Waals surface area contributed by atoms with Crippen LogP contribution in [0.5, 0.6) is 0 Å². The summed E-state index contributed by atoms with van der Waals surface area (Å²) in [7, 11) is 0. The maximum absolute atomic E-state index is 11.4. The van der Waals surface area contributed by atoms with Gasteiger partial charge < -0.3 is 15.6 Å². The number of carbonyl (C=O) groups excluding carboxylic acids is 2. The third kappa shape index (κ3) is 10.2. The Kier molecular flexibility index (Phi) is 9.70. The molecule has 110 valence electrons. The van der Waals surface area contributed by atoms with Crippen LogP contribution < -0.4 is 5.73 Å². The zero-order valence-electron chi connectivity index (χ0n) is 11.4. The van der Waals surface area contributed by atoms with E-state index in [9.17, 15) is 14.4 Å². The van der Waals surface area contributed by atoms with E-state index in [0.717, 1.165) is 19.3 Å². The van der Waals surface area contributed by atoms with Gasteiger partial charge in [0.15, 0.2) is 0 Å². The molecule has 0 radical (unpaired) electrons. The van der Waals surface area contributed by atoms with Crippen LogP contribution in [0.4, 0.5) is 0 Å². The van der Waals surface area contributed by atoms with Gasteiger partial charge in [-0.15, -0.1) is 0 Å². The molecule has 0 aliphatic rings. The first-order valence-electron chi connectivity index (χ1n) is 6.69. The van der Waals surface area contributed by atoms with Crippen molar-refractivity contribution in [1.29, 1.82) is 0 Å². The second-order valence-corrected chi connectivity index (χ2v) is 4.50. The Labute approximate surface area is 113 Å². The summed E-state index contributed by atoms with van der Waals surface area (Å²) in [5, 5.41) is 8.41. The molecule has 1 unspecified atom stereocenters. The Balaban J connectivity index is 3.73. The lowest BCUT2D eigenvalue weighted by Gasteiger charge is -2.09. The number of carbonyl (C=O) groups is 3. The molecule has 0 spiro atoms. The van der Waals surface area contributed by atoms with Crippen molar-refractivity contribution >= 4 is 17.9 Å². The van der Waals surface area contributed by atoms with Crippen molar-refractivity contribution in [3.8, 4) is 0 Å². The van der Waals surface area contributed by atoms with Crippen LogP contribution in [0.15, 0.2) is 0 Å². The third-order valence-corrected chi connectivity index (χ3v) is 2.66. The topological polar surface area (TPSA) is 107 Å². The minimum Gasteiger partial charge on any atom is -0.481 e. The zero-order chi connectivity index (χ0) is 14.7. The molecule has 0 saturated carbocycles. The molecule has 19 heavy (non-hydrogen) atoms. The van der Waals surface area contributed by atoms with E-state index < -0.39 is 23.9 Å². The van der Waals surface area contributed by atoms with Gasteiger partial charge in [0.1, 0.15) is 6.04 Å². The standard InChI is InChI=1S/C13H23NO5/c1-2-3-4-7-10(14)13(18)19-12(17)9-6-5-8-11(15)16/h10H,2-9,14H2,1H3,(H,15,16). The van der Waals surface area contributed by atoms with Gasteiger partial charge in [0.2, 0.25) is 0 Å². The summed E-state index contributed by atoms with van der Waals surface area (Å²) in [4.78, 5) is 33.0. The Hall–Kier alpha value is -1.43. The third-order valence-electron chi connectivity index (χ3n) is 2.66. The molecule has 3 N–H and O–H groups in total. The van der Waals surface area contributed by atoms with Gasteiger partial charge in [0.05, 0.1) is 0 Å². The van der Waals surface area contributed by atoms with Gasteiger partial charge in [0, 0.05) is 12.8 Å². The molecule has 0 saturated heterocycles. The van der Waals surface area contributed by atoms with Gasteiger partial charge in [-0.3, -0.25) is 9.59 Å². The summed E-state index contributed by atoms with van der Waals surface area (Å²) in [5.74, 6) is -2.23. The first kappa shape index (κ1) is 17.6. The number of ether oxygens (including phenoxy) is 1. The van der Waals surface area contributed by atoms with Gasteiger partial charge in [-0.05, 0) is 19.3 Å². The van der Waals surface area contributed by atoms with E-state index >= 15 is 0 Å². The molecule has 0 aliphatic carbocycles. The fraction of sp³-hybridized carbons (Fsp3) is 0.769. The van der Waals surface area contributed by atoms with Crippen LogP contribution in [0.25, 0.3) is 0 Å². The van der Waals surface area contributed by atoms with E-state index in [-0.39, 0.29) is 12.8 Å². The Bertz CT molecular complexity index is 303. The van der Waals surface area contributed by atoms with Gasteiger partial charge in [-0.25, -0.2) is 4.79 Å². The minimum atomic E-state index is -0.901. The van der Waals surface area contributed by atoms with Crippen LogP contribution in [-0.4, -0.2) is 29.1 Å². The molecule has 0 aliphatic heterocycles. The molecule has 0 fully saturated rings. The molecule has 0 bridgehead atoms. The fourth-order valence-electron chi connectivity index (χ4n) is 1.52. The molecule has 6 nitrogen and oxygen atoms in total. The average molecular weight is 273 g/mol. The maximum Gasteiger partial charge on any atom is 0.330 e. The van der Waals surface area contributed by atoms with E-state index in [2.05, 4.69) is 4.74 Å². The molecule has 0 rings (SSSR count). The highest BCUT2D eigenvalue weighted by Crippen LogP contribution is 2.05. The minimum absolute atomic E-state index is 0.0117. The molecule has 6 heteroatoms. The zero-order valence-corrected chi connectivity index (χ0v) is 11.4. The van der Waals surface area contributed by atoms with Gasteiger partial charge in [-0.2, -0.15) is 0 Å². The highest BCUT2D eigenvalue weighted by Gasteiger charge is 2.18. The molecule has 0 amide bonds. The van der Waals surface area contributed by atoms with Crippen molar-refractivity contribution in [3.05, 3.63) is 0 Å². The van der Waals surface area contributed by atoms with Crippen molar-refractivity contribution in [2.45, 2.75) is 64.3 Å². The van der Waals surface area contributed by atoms with E-state index in [1.165, 1.54) is 0 Å². The number of unbranched alkanes of at least 4 members (excludes halogenated alkanes) is 3. The van der Waals surface area contributed by atoms with Crippen molar-refractivity contribution in [1.82, 2.24) is 0 Å². The summed E-state index contributed by atoms with van der Waals surface area (Å²) >= 11 is 0. The van der Waals surface area contributed by atoms with Crippen LogP contribution in [0.1, 0.15) is 58.3 Å². The van der Waals surface area contributed by atoms with Gasteiger partial charge >= 0.3 is 17.9 Å². The number of hydrogen-bond acceptors (Lipinski definition) is 5. The van der Waals surface area contributed by atoms with Crippen LogP contribution in [0.2, 0.25) is 0 Å². The summed E-state index contributed by atoms with van der Waals surface area (Å²) in [6.07, 6.45) is 4.20. The summed E-state index contributed by atoms with van der Waals surface area (Å²) in [5.41, 5.74) is 5.60. The lowest BCUT2D eigenvalue weighted by molar-refractivity contribution is -0.161. The number of aliphatic carboxylic acids is 1. The molecule has 0 aromatic carbocycles. The maximum atomic E-state index is 11.4. The predicted octanol–water partition coefficient (Wildman–Crippen LogP) is 1.61. The average Bonchev–Trinajstić information content (AvgIpc) is 2.34. The van der Waals surface area contributed by atoms with Crippen LogP contribution in [-0.2, 0) is 19.1 Å². The van der Waals surface area contributed by atoms with E-state index in [0.29, 0.717) is 19.3 Å². The van der Waals surface area contributed by atoms with Crippen molar-refractivity contribution in [3.63, 3.8) is 0 Å². The SMILES string of the molecule is CCCCCC(N)C(=O)OC(=O)CCCCC(=O)O. The second kappa shape index (κ2) is 10.5. The molecular weight excluding hydrogens is 250 g/mol. The smallest absolute Gasteiger partial charge is 0.330 e. The number of nitrogens with two attached hydrogens (primary N) is 1. The Morgan fingerprint density at radius 1 is 1.11 bits per heavy atom. The summed E-state index contributed by atoms with van der Waals surface area (Å²) in [6.45, 7) is 2.05. The first-order valence-corrected chi connectivity index (χ1v) is 6.69. The summed E-state index contributed by atoms with van der Waals surface area (Å²) < 4.78 is 4.60. The lowest BCUT2D eigenvalue weighted by Crippen LogP contribution is -2.33. The number of hydrogen-bond donors (Lipinski definition) is 2. The highest BCUT2D eigenvalue weighted by molar-refractivity contribution is 5.88. The quantitative estimate of drug-likeness (QED) is 0.356. The first-order chi connectivity index (χ1) is 8.97.